The van der Waals surface area contributed by atoms with Gasteiger partial charge in [0.25, 0.3) is 5.91 Å². The average molecular weight is 333 g/mol. The monoisotopic (exact) mass is 332 g/mol. The molecular formula is C17H21ClN4O. The molecule has 0 radical (unpaired) electrons. The highest BCUT2D eigenvalue weighted by atomic mass is 35.5. The lowest BCUT2D eigenvalue weighted by Crippen LogP contribution is -2.34. The molecule has 23 heavy (non-hydrogen) atoms. The molecule has 2 heterocycles. The molecule has 1 aliphatic rings. The quantitative estimate of drug-likeness (QED) is 0.939. The van der Waals surface area contributed by atoms with Crippen LogP contribution < -0.4 is 5.73 Å². The van der Waals surface area contributed by atoms with Crippen molar-refractivity contribution in [2.45, 2.75) is 20.3 Å². The fourth-order valence-electron chi connectivity index (χ4n) is 3.02. The van der Waals surface area contributed by atoms with Crippen LogP contribution in [0.5, 0.6) is 0 Å². The maximum Gasteiger partial charge on any atom is 0.257 e. The summed E-state index contributed by atoms with van der Waals surface area (Å²) in [7, 11) is 0. The summed E-state index contributed by atoms with van der Waals surface area (Å²) in [5.74, 6) is 0.0120. The Hall–Kier alpha value is -1.85. The van der Waals surface area contributed by atoms with Crippen molar-refractivity contribution in [3.8, 4) is 5.69 Å². The smallest absolute Gasteiger partial charge is 0.257 e. The molecule has 1 aromatic heterocycles. The zero-order valence-electron chi connectivity index (χ0n) is 13.4. The first-order valence-corrected chi connectivity index (χ1v) is 8.12. The van der Waals surface area contributed by atoms with E-state index in [1.165, 1.54) is 0 Å². The van der Waals surface area contributed by atoms with Crippen LogP contribution in [0.2, 0.25) is 5.02 Å². The number of nitrogens with zero attached hydrogens (tertiary/aromatic N) is 3. The van der Waals surface area contributed by atoms with Gasteiger partial charge in [-0.05, 0) is 37.4 Å². The lowest BCUT2D eigenvalue weighted by molar-refractivity contribution is 0.0776. The minimum Gasteiger partial charge on any atom is -0.338 e. The molecule has 1 saturated heterocycles. The van der Waals surface area contributed by atoms with E-state index in [0.29, 0.717) is 23.7 Å². The number of rotatable bonds is 3. The second-order valence-electron chi connectivity index (χ2n) is 6.50. The van der Waals surface area contributed by atoms with Gasteiger partial charge in [-0.2, -0.15) is 5.10 Å². The van der Waals surface area contributed by atoms with Crippen LogP contribution in [0.1, 0.15) is 29.4 Å². The summed E-state index contributed by atoms with van der Waals surface area (Å²) < 4.78 is 1.72. The van der Waals surface area contributed by atoms with Gasteiger partial charge in [0.05, 0.1) is 28.2 Å². The van der Waals surface area contributed by atoms with Crippen molar-refractivity contribution in [3.05, 3.63) is 46.7 Å². The van der Waals surface area contributed by atoms with E-state index in [4.69, 9.17) is 17.3 Å². The van der Waals surface area contributed by atoms with Gasteiger partial charge in [0.15, 0.2) is 0 Å². The zero-order chi connectivity index (χ0) is 16.6. The number of benzene rings is 1. The zero-order valence-corrected chi connectivity index (χ0v) is 14.2. The van der Waals surface area contributed by atoms with Crippen LogP contribution in [-0.2, 0) is 0 Å². The number of halogens is 1. The van der Waals surface area contributed by atoms with Crippen LogP contribution in [0.3, 0.4) is 0 Å². The van der Waals surface area contributed by atoms with Crippen LogP contribution in [0.25, 0.3) is 5.69 Å². The number of amides is 1. The van der Waals surface area contributed by atoms with E-state index in [-0.39, 0.29) is 11.3 Å². The van der Waals surface area contributed by atoms with Gasteiger partial charge in [-0.1, -0.05) is 30.7 Å². The van der Waals surface area contributed by atoms with Crippen LogP contribution in [-0.4, -0.2) is 40.2 Å². The van der Waals surface area contributed by atoms with Crippen molar-refractivity contribution in [2.75, 3.05) is 19.6 Å². The van der Waals surface area contributed by atoms with Gasteiger partial charge in [0.2, 0.25) is 0 Å². The molecule has 0 aliphatic carbocycles. The number of likely N-dealkylation sites (tertiary alicyclic amines) is 1. The van der Waals surface area contributed by atoms with Crippen LogP contribution in [0, 0.1) is 12.3 Å². The van der Waals surface area contributed by atoms with E-state index in [2.05, 4.69) is 12.0 Å². The number of carbonyl (C=O) groups is 1. The fourth-order valence-corrected chi connectivity index (χ4v) is 3.24. The second-order valence-corrected chi connectivity index (χ2v) is 6.91. The predicted molar refractivity (Wildman–Crippen MR) is 91.0 cm³/mol. The number of hydrogen-bond acceptors (Lipinski definition) is 3. The highest BCUT2D eigenvalue weighted by molar-refractivity contribution is 6.32. The first-order valence-electron chi connectivity index (χ1n) is 7.74. The first kappa shape index (κ1) is 16.0. The van der Waals surface area contributed by atoms with E-state index in [0.717, 1.165) is 24.3 Å². The van der Waals surface area contributed by atoms with Crippen LogP contribution in [0.15, 0.2) is 30.5 Å². The van der Waals surface area contributed by atoms with Gasteiger partial charge in [0.1, 0.15) is 0 Å². The minimum atomic E-state index is 0.0120. The van der Waals surface area contributed by atoms with E-state index in [9.17, 15) is 4.79 Å². The van der Waals surface area contributed by atoms with Crippen LogP contribution in [0.4, 0.5) is 0 Å². The van der Waals surface area contributed by atoms with E-state index in [1.807, 2.05) is 36.1 Å². The van der Waals surface area contributed by atoms with Gasteiger partial charge in [0, 0.05) is 13.1 Å². The van der Waals surface area contributed by atoms with Crippen LogP contribution >= 0.6 is 11.6 Å². The van der Waals surface area contributed by atoms with Gasteiger partial charge in [-0.15, -0.1) is 0 Å². The Bertz CT molecular complexity index is 742. The summed E-state index contributed by atoms with van der Waals surface area (Å²) in [5, 5.41) is 4.96. The Morgan fingerprint density at radius 2 is 2.17 bits per heavy atom. The van der Waals surface area contributed by atoms with Crippen molar-refractivity contribution >= 4 is 17.5 Å². The highest BCUT2D eigenvalue weighted by Crippen LogP contribution is 2.30. The summed E-state index contributed by atoms with van der Waals surface area (Å²) in [5.41, 5.74) is 8.03. The molecule has 2 aromatic rings. The summed E-state index contributed by atoms with van der Waals surface area (Å²) in [6.45, 7) is 6.04. The molecule has 0 spiro atoms. The number of hydrogen-bond donors (Lipinski definition) is 1. The van der Waals surface area contributed by atoms with Crippen molar-refractivity contribution in [2.24, 2.45) is 11.1 Å². The maximum absolute atomic E-state index is 12.8. The average Bonchev–Trinajstić information content (AvgIpc) is 3.12. The molecule has 3 rings (SSSR count). The third-order valence-electron chi connectivity index (χ3n) is 4.66. The second kappa shape index (κ2) is 5.98. The third kappa shape index (κ3) is 2.86. The van der Waals surface area contributed by atoms with E-state index >= 15 is 0 Å². The molecular weight excluding hydrogens is 312 g/mol. The first-order chi connectivity index (χ1) is 10.9. The Balaban J connectivity index is 1.88. The van der Waals surface area contributed by atoms with Gasteiger partial charge in [-0.3, -0.25) is 4.79 Å². The summed E-state index contributed by atoms with van der Waals surface area (Å²) in [6.07, 6.45) is 2.56. The Labute approximate surface area is 141 Å². The SMILES string of the molecule is Cc1c(C(=O)N2CCC(C)(CN)C2)cnn1-c1ccccc1Cl. The molecule has 1 atom stereocenters. The third-order valence-corrected chi connectivity index (χ3v) is 4.98. The van der Waals surface area contributed by atoms with Crippen molar-refractivity contribution in [1.82, 2.24) is 14.7 Å². The minimum absolute atomic E-state index is 0.0120. The molecule has 5 nitrogen and oxygen atoms in total. The topological polar surface area (TPSA) is 64.2 Å². The predicted octanol–water partition coefficient (Wildman–Crippen LogP) is 2.65. The Morgan fingerprint density at radius 1 is 1.43 bits per heavy atom. The molecule has 1 unspecified atom stereocenters. The number of nitrogens with two attached hydrogens (primary N) is 1. The maximum atomic E-state index is 12.8. The summed E-state index contributed by atoms with van der Waals surface area (Å²) in [4.78, 5) is 14.7. The number of aromatic nitrogens is 2. The molecule has 1 fully saturated rings. The molecule has 6 heteroatoms. The standard InChI is InChI=1S/C17H21ClN4O/c1-12-13(16(23)21-8-7-17(2,10-19)11-21)9-20-22(12)15-6-4-3-5-14(15)18/h3-6,9H,7-8,10-11,19H2,1-2H3. The molecule has 0 saturated carbocycles. The van der Waals surface area contributed by atoms with Gasteiger partial charge < -0.3 is 10.6 Å². The highest BCUT2D eigenvalue weighted by Gasteiger charge is 2.36. The number of para-hydroxylation sites is 1. The lowest BCUT2D eigenvalue weighted by Gasteiger charge is -2.22. The molecule has 1 aromatic carbocycles. The van der Waals surface area contributed by atoms with E-state index in [1.54, 1.807) is 10.9 Å². The van der Waals surface area contributed by atoms with Crippen molar-refractivity contribution < 1.29 is 4.79 Å². The molecule has 2 N–H and O–H groups in total. The Kier molecular flexibility index (Phi) is 4.17. The normalized spacial score (nSPS) is 21.0. The van der Waals surface area contributed by atoms with Crippen molar-refractivity contribution in [1.29, 1.82) is 0 Å². The van der Waals surface area contributed by atoms with Gasteiger partial charge >= 0.3 is 0 Å². The summed E-state index contributed by atoms with van der Waals surface area (Å²) in [6, 6.07) is 7.47. The van der Waals surface area contributed by atoms with Gasteiger partial charge in [-0.25, -0.2) is 4.68 Å². The fraction of sp³-hybridized carbons (Fsp3) is 0.412. The van der Waals surface area contributed by atoms with E-state index < -0.39 is 0 Å². The molecule has 0 bridgehead atoms. The Morgan fingerprint density at radius 3 is 2.83 bits per heavy atom. The number of carbonyl (C=O) groups excluding carboxylic acids is 1. The van der Waals surface area contributed by atoms with Crippen molar-refractivity contribution in [3.63, 3.8) is 0 Å². The molecule has 122 valence electrons. The lowest BCUT2D eigenvalue weighted by atomic mass is 9.90. The molecule has 1 amide bonds. The summed E-state index contributed by atoms with van der Waals surface area (Å²) >= 11 is 6.23. The molecule has 1 aliphatic heterocycles. The largest absolute Gasteiger partial charge is 0.338 e.